The van der Waals surface area contributed by atoms with Crippen molar-refractivity contribution in [1.29, 1.82) is 0 Å². The summed E-state index contributed by atoms with van der Waals surface area (Å²) in [6.45, 7) is 0. The Hall–Kier alpha value is -1.16. The van der Waals surface area contributed by atoms with Gasteiger partial charge < -0.3 is 9.64 Å². The van der Waals surface area contributed by atoms with Crippen molar-refractivity contribution >= 4 is 24.0 Å². The van der Waals surface area contributed by atoms with Crippen LogP contribution in [0.3, 0.4) is 0 Å². The second-order valence-corrected chi connectivity index (χ2v) is 3.59. The van der Waals surface area contributed by atoms with Gasteiger partial charge in [0.15, 0.2) is 0 Å². The van der Waals surface area contributed by atoms with Gasteiger partial charge in [-0.05, 0) is 18.2 Å². The highest BCUT2D eigenvalue weighted by Crippen LogP contribution is 2.35. The monoisotopic (exact) mass is 194 g/mol. The van der Waals surface area contributed by atoms with Crippen molar-refractivity contribution in [1.82, 2.24) is 0 Å². The van der Waals surface area contributed by atoms with E-state index in [1.165, 1.54) is 17.6 Å². The number of ether oxygens (including phenoxy) is 1. The molecule has 0 unspecified atom stereocenters. The van der Waals surface area contributed by atoms with Crippen LogP contribution in [0.4, 0.5) is 5.69 Å². The molecular formula is C9H10N2OS. The van der Waals surface area contributed by atoms with Crippen LogP contribution in [0, 0.1) is 0 Å². The van der Waals surface area contributed by atoms with Gasteiger partial charge in [-0.3, -0.25) is 0 Å². The van der Waals surface area contributed by atoms with Crippen molar-refractivity contribution in [2.24, 2.45) is 4.40 Å². The Labute approximate surface area is 81.5 Å². The van der Waals surface area contributed by atoms with Crippen LogP contribution in [0.1, 0.15) is 0 Å². The van der Waals surface area contributed by atoms with Gasteiger partial charge in [0.1, 0.15) is 12.1 Å². The molecule has 0 saturated heterocycles. The summed E-state index contributed by atoms with van der Waals surface area (Å²) >= 11 is 1.47. The summed E-state index contributed by atoms with van der Waals surface area (Å²) in [6.07, 6.45) is 1.81. The number of benzene rings is 1. The second-order valence-electron chi connectivity index (χ2n) is 2.76. The van der Waals surface area contributed by atoms with Crippen LogP contribution in [0.2, 0.25) is 0 Å². The van der Waals surface area contributed by atoms with Gasteiger partial charge in [0, 0.05) is 19.0 Å². The number of hydrogen-bond acceptors (Lipinski definition) is 4. The fourth-order valence-electron chi connectivity index (χ4n) is 1.20. The van der Waals surface area contributed by atoms with Crippen LogP contribution >= 0.6 is 11.9 Å². The van der Waals surface area contributed by atoms with E-state index in [0.29, 0.717) is 0 Å². The van der Waals surface area contributed by atoms with E-state index in [-0.39, 0.29) is 0 Å². The van der Waals surface area contributed by atoms with Gasteiger partial charge in [0.05, 0.1) is 17.7 Å². The summed E-state index contributed by atoms with van der Waals surface area (Å²) in [5.74, 6) is 0.872. The topological polar surface area (TPSA) is 24.8 Å². The zero-order valence-electron chi connectivity index (χ0n) is 7.52. The largest absolute Gasteiger partial charge is 0.497 e. The zero-order chi connectivity index (χ0) is 9.26. The molecular weight excluding hydrogens is 184 g/mol. The van der Waals surface area contributed by atoms with E-state index in [9.17, 15) is 0 Å². The van der Waals surface area contributed by atoms with Gasteiger partial charge in [-0.25, -0.2) is 4.40 Å². The number of fused-ring (bicyclic) bond motifs is 1. The lowest BCUT2D eigenvalue weighted by Crippen LogP contribution is -2.16. The number of methoxy groups -OCH3 is 1. The molecule has 1 aliphatic rings. The molecule has 68 valence electrons. The van der Waals surface area contributed by atoms with Gasteiger partial charge >= 0.3 is 0 Å². The second kappa shape index (κ2) is 3.30. The molecule has 0 N–H and O–H groups in total. The average molecular weight is 194 g/mol. The summed E-state index contributed by atoms with van der Waals surface area (Å²) < 4.78 is 9.27. The van der Waals surface area contributed by atoms with Gasteiger partial charge in [-0.2, -0.15) is 0 Å². The first kappa shape index (κ1) is 8.44. The molecule has 0 fully saturated rings. The Morgan fingerprint density at radius 2 is 2.31 bits per heavy atom. The van der Waals surface area contributed by atoms with Crippen molar-refractivity contribution in [3.05, 3.63) is 18.2 Å². The molecule has 0 radical (unpaired) electrons. The molecule has 13 heavy (non-hydrogen) atoms. The first-order valence-corrected chi connectivity index (χ1v) is 4.70. The smallest absolute Gasteiger partial charge is 0.120 e. The summed E-state index contributed by atoms with van der Waals surface area (Å²) in [7, 11) is 3.65. The highest BCUT2D eigenvalue weighted by atomic mass is 32.2. The quantitative estimate of drug-likeness (QED) is 0.640. The standard InChI is InChI=1S/C9H10N2OS/c1-11-6-10-13-9-5-7(12-2)3-4-8(9)11/h3-6H,1-2H3. The molecule has 1 aromatic carbocycles. The maximum absolute atomic E-state index is 5.13. The van der Waals surface area contributed by atoms with Crippen LogP contribution in [0.15, 0.2) is 27.5 Å². The summed E-state index contributed by atoms with van der Waals surface area (Å²) in [4.78, 5) is 3.12. The summed E-state index contributed by atoms with van der Waals surface area (Å²) in [5.41, 5.74) is 1.17. The van der Waals surface area contributed by atoms with Gasteiger partial charge in [-0.1, -0.05) is 0 Å². The van der Waals surface area contributed by atoms with Crippen molar-refractivity contribution in [3.63, 3.8) is 0 Å². The first-order valence-electron chi connectivity index (χ1n) is 3.92. The van der Waals surface area contributed by atoms with Gasteiger partial charge in [0.25, 0.3) is 0 Å². The Kier molecular flexibility index (Phi) is 2.14. The van der Waals surface area contributed by atoms with Crippen molar-refractivity contribution in [2.45, 2.75) is 4.90 Å². The van der Waals surface area contributed by atoms with Crippen molar-refractivity contribution in [2.75, 3.05) is 19.1 Å². The average Bonchev–Trinajstić information content (AvgIpc) is 2.18. The molecule has 0 aliphatic carbocycles. The number of nitrogens with zero attached hydrogens (tertiary/aromatic N) is 2. The minimum atomic E-state index is 0.872. The molecule has 0 atom stereocenters. The lowest BCUT2D eigenvalue weighted by atomic mass is 10.3. The van der Waals surface area contributed by atoms with Gasteiger partial charge in [0.2, 0.25) is 0 Å². The van der Waals surface area contributed by atoms with Crippen molar-refractivity contribution < 1.29 is 4.74 Å². The maximum Gasteiger partial charge on any atom is 0.120 e. The van der Waals surface area contributed by atoms with E-state index in [2.05, 4.69) is 4.40 Å². The lowest BCUT2D eigenvalue weighted by molar-refractivity contribution is 0.414. The fourth-order valence-corrected chi connectivity index (χ4v) is 1.98. The third kappa shape index (κ3) is 1.49. The molecule has 2 rings (SSSR count). The molecule has 0 amide bonds. The Bertz CT molecular complexity index is 351. The van der Waals surface area contributed by atoms with Crippen LogP contribution in [-0.4, -0.2) is 20.5 Å². The highest BCUT2D eigenvalue weighted by Gasteiger charge is 2.11. The summed E-state index contributed by atoms with van der Waals surface area (Å²) in [5, 5.41) is 0. The van der Waals surface area contributed by atoms with Crippen LogP contribution in [-0.2, 0) is 0 Å². The predicted molar refractivity (Wildman–Crippen MR) is 55.7 cm³/mol. The molecule has 0 spiro atoms. The van der Waals surface area contributed by atoms with Crippen LogP contribution in [0.25, 0.3) is 0 Å². The van der Waals surface area contributed by atoms with Gasteiger partial charge in [-0.15, -0.1) is 0 Å². The highest BCUT2D eigenvalue weighted by molar-refractivity contribution is 7.98. The third-order valence-corrected chi connectivity index (χ3v) is 2.64. The summed E-state index contributed by atoms with van der Waals surface area (Å²) in [6, 6.07) is 5.98. The molecule has 4 heteroatoms. The molecule has 0 bridgehead atoms. The predicted octanol–water partition coefficient (Wildman–Crippen LogP) is 2.18. The molecule has 0 saturated carbocycles. The Morgan fingerprint density at radius 1 is 1.46 bits per heavy atom. The number of hydrogen-bond donors (Lipinski definition) is 0. The van der Waals surface area contributed by atoms with E-state index >= 15 is 0 Å². The lowest BCUT2D eigenvalue weighted by Gasteiger charge is -2.20. The molecule has 1 aliphatic heterocycles. The fraction of sp³-hybridized carbons (Fsp3) is 0.222. The maximum atomic E-state index is 5.13. The normalized spacial score (nSPS) is 14.2. The molecule has 1 heterocycles. The zero-order valence-corrected chi connectivity index (χ0v) is 8.34. The molecule has 0 aromatic heterocycles. The molecule has 1 aromatic rings. The van der Waals surface area contributed by atoms with Crippen LogP contribution < -0.4 is 9.64 Å². The van der Waals surface area contributed by atoms with E-state index in [4.69, 9.17) is 4.74 Å². The Morgan fingerprint density at radius 3 is 3.08 bits per heavy atom. The SMILES string of the molecule is COc1ccc2c(c1)SN=CN2C. The Balaban J connectivity index is 2.43. The molecule has 3 nitrogen and oxygen atoms in total. The van der Waals surface area contributed by atoms with Crippen LogP contribution in [0.5, 0.6) is 5.75 Å². The third-order valence-electron chi connectivity index (χ3n) is 1.92. The number of rotatable bonds is 1. The van der Waals surface area contributed by atoms with E-state index in [1.54, 1.807) is 13.4 Å². The van der Waals surface area contributed by atoms with E-state index in [0.717, 1.165) is 10.6 Å². The first-order chi connectivity index (χ1) is 6.31. The number of anilines is 1. The minimum Gasteiger partial charge on any atom is -0.497 e. The van der Waals surface area contributed by atoms with E-state index < -0.39 is 0 Å². The van der Waals surface area contributed by atoms with E-state index in [1.807, 2.05) is 30.1 Å². The minimum absolute atomic E-state index is 0.872. The van der Waals surface area contributed by atoms with Crippen molar-refractivity contribution in [3.8, 4) is 5.75 Å².